The van der Waals surface area contributed by atoms with Gasteiger partial charge in [0.15, 0.2) is 0 Å². The van der Waals surface area contributed by atoms with Gasteiger partial charge in [-0.25, -0.2) is 9.18 Å². The molecular formula is C21H27FN2O3. The number of amides is 1. The second kappa shape index (κ2) is 7.80. The molecule has 5 nitrogen and oxygen atoms in total. The van der Waals surface area contributed by atoms with Gasteiger partial charge in [-0.1, -0.05) is 18.2 Å². The van der Waals surface area contributed by atoms with Crippen molar-refractivity contribution in [2.75, 3.05) is 6.54 Å². The molecule has 1 aromatic carbocycles. The number of ether oxygens (including phenoxy) is 1. The Bertz CT molecular complexity index is 800. The zero-order valence-corrected chi connectivity index (χ0v) is 16.1. The van der Waals surface area contributed by atoms with Gasteiger partial charge in [-0.15, -0.1) is 0 Å². The van der Waals surface area contributed by atoms with Crippen LogP contribution in [0.2, 0.25) is 0 Å². The Morgan fingerprint density at radius 1 is 1.41 bits per heavy atom. The number of likely N-dealkylation sites (tertiary alicyclic amines) is 1. The minimum atomic E-state index is -0.977. The first kappa shape index (κ1) is 19.5. The molecule has 1 saturated heterocycles. The van der Waals surface area contributed by atoms with Gasteiger partial charge in [-0.05, 0) is 57.0 Å². The van der Waals surface area contributed by atoms with E-state index in [-0.39, 0.29) is 12.8 Å². The lowest BCUT2D eigenvalue weighted by Crippen LogP contribution is -2.49. The predicted octanol–water partition coefficient (Wildman–Crippen LogP) is 4.40. The molecule has 146 valence electrons. The van der Waals surface area contributed by atoms with Gasteiger partial charge in [0.2, 0.25) is 0 Å². The van der Waals surface area contributed by atoms with E-state index >= 15 is 0 Å². The third-order valence-corrected chi connectivity index (χ3v) is 4.85. The largest absolute Gasteiger partial charge is 0.444 e. The van der Waals surface area contributed by atoms with Crippen LogP contribution in [0.1, 0.15) is 51.7 Å². The number of hydrogen-bond donors (Lipinski definition) is 1. The van der Waals surface area contributed by atoms with Crippen molar-refractivity contribution in [3.05, 3.63) is 42.2 Å². The van der Waals surface area contributed by atoms with Crippen LogP contribution in [-0.2, 0) is 4.74 Å². The monoisotopic (exact) mass is 374 g/mol. The molecule has 2 heterocycles. The van der Waals surface area contributed by atoms with E-state index < -0.39 is 30.0 Å². The molecule has 0 spiro atoms. The van der Waals surface area contributed by atoms with Gasteiger partial charge in [-0.2, -0.15) is 0 Å². The highest BCUT2D eigenvalue weighted by Crippen LogP contribution is 2.32. The molecule has 3 rings (SSSR count). The van der Waals surface area contributed by atoms with Crippen LogP contribution >= 0.6 is 0 Å². The van der Waals surface area contributed by atoms with E-state index in [2.05, 4.69) is 4.98 Å². The van der Waals surface area contributed by atoms with Crippen LogP contribution in [0.5, 0.6) is 0 Å². The van der Waals surface area contributed by atoms with Gasteiger partial charge in [0.25, 0.3) is 0 Å². The normalized spacial score (nSPS) is 21.9. The Morgan fingerprint density at radius 2 is 2.19 bits per heavy atom. The molecule has 0 radical (unpaired) electrons. The number of benzene rings is 1. The van der Waals surface area contributed by atoms with E-state index in [1.807, 2.05) is 24.3 Å². The number of nitrogens with zero attached hydrogens (tertiary/aromatic N) is 2. The van der Waals surface area contributed by atoms with E-state index in [0.717, 1.165) is 16.3 Å². The summed E-state index contributed by atoms with van der Waals surface area (Å²) < 4.78 is 19.5. The number of hydrogen-bond acceptors (Lipinski definition) is 4. The van der Waals surface area contributed by atoms with Gasteiger partial charge in [0.05, 0.1) is 6.10 Å². The molecule has 1 amide bonds. The number of aromatic nitrogens is 1. The first-order valence-electron chi connectivity index (χ1n) is 9.39. The summed E-state index contributed by atoms with van der Waals surface area (Å²) in [4.78, 5) is 18.3. The second-order valence-electron chi connectivity index (χ2n) is 8.14. The van der Waals surface area contributed by atoms with Crippen LogP contribution in [0, 0.1) is 0 Å². The molecule has 0 unspecified atom stereocenters. The highest BCUT2D eigenvalue weighted by molar-refractivity contribution is 5.85. The summed E-state index contributed by atoms with van der Waals surface area (Å²) >= 11 is 0. The zero-order valence-electron chi connectivity index (χ0n) is 16.1. The number of carbonyl (C=O) groups excluding carboxylic acids is 1. The molecule has 0 bridgehead atoms. The minimum absolute atomic E-state index is 0.208. The first-order chi connectivity index (χ1) is 12.7. The van der Waals surface area contributed by atoms with Crippen LogP contribution in [0.15, 0.2) is 36.7 Å². The van der Waals surface area contributed by atoms with E-state index in [4.69, 9.17) is 4.74 Å². The Hall–Kier alpha value is -2.21. The average molecular weight is 374 g/mol. The molecule has 2 aromatic rings. The first-order valence-corrected chi connectivity index (χ1v) is 9.39. The number of halogens is 1. The second-order valence-corrected chi connectivity index (χ2v) is 8.14. The number of fused-ring (bicyclic) bond motifs is 1. The number of rotatable bonds is 3. The SMILES string of the molecule is CC(C)(C)OC(=O)N1CC[C@@H](F)C[C@H]1C[C@@H](O)c1cccc2ccncc12. The predicted molar refractivity (Wildman–Crippen MR) is 102 cm³/mol. The van der Waals surface area contributed by atoms with Gasteiger partial charge >= 0.3 is 6.09 Å². The number of pyridine rings is 1. The fourth-order valence-corrected chi connectivity index (χ4v) is 3.60. The third kappa shape index (κ3) is 4.75. The van der Waals surface area contributed by atoms with E-state index in [1.165, 1.54) is 0 Å². The lowest BCUT2D eigenvalue weighted by molar-refractivity contribution is -0.00656. The smallest absolute Gasteiger partial charge is 0.410 e. The Morgan fingerprint density at radius 3 is 2.93 bits per heavy atom. The van der Waals surface area contributed by atoms with E-state index in [1.54, 1.807) is 38.1 Å². The maximum Gasteiger partial charge on any atom is 0.410 e. The fraction of sp³-hybridized carbons (Fsp3) is 0.524. The van der Waals surface area contributed by atoms with Crippen molar-refractivity contribution in [1.29, 1.82) is 0 Å². The fourth-order valence-electron chi connectivity index (χ4n) is 3.60. The summed E-state index contributed by atoms with van der Waals surface area (Å²) in [6.07, 6.45) is 1.94. The molecular weight excluding hydrogens is 347 g/mol. The van der Waals surface area contributed by atoms with Crippen LogP contribution < -0.4 is 0 Å². The quantitative estimate of drug-likeness (QED) is 0.865. The third-order valence-electron chi connectivity index (χ3n) is 4.85. The lowest BCUT2D eigenvalue weighted by Gasteiger charge is -2.38. The van der Waals surface area contributed by atoms with E-state index in [0.29, 0.717) is 13.0 Å². The van der Waals surface area contributed by atoms with Crippen LogP contribution in [0.4, 0.5) is 9.18 Å². The van der Waals surface area contributed by atoms with Crippen molar-refractivity contribution in [1.82, 2.24) is 9.88 Å². The molecule has 1 aromatic heterocycles. The molecule has 27 heavy (non-hydrogen) atoms. The maximum absolute atomic E-state index is 14.0. The summed E-state index contributed by atoms with van der Waals surface area (Å²) in [5.74, 6) is 0. The van der Waals surface area contributed by atoms with Gasteiger partial charge < -0.3 is 14.7 Å². The van der Waals surface area contributed by atoms with Crippen molar-refractivity contribution >= 4 is 16.9 Å². The Kier molecular flexibility index (Phi) is 5.65. The van der Waals surface area contributed by atoms with Crippen LogP contribution in [0.3, 0.4) is 0 Å². The summed E-state index contributed by atoms with van der Waals surface area (Å²) in [7, 11) is 0. The van der Waals surface area contributed by atoms with Crippen molar-refractivity contribution in [3.8, 4) is 0 Å². The summed E-state index contributed by atoms with van der Waals surface area (Å²) in [6.45, 7) is 5.71. The minimum Gasteiger partial charge on any atom is -0.444 e. The Balaban J connectivity index is 1.80. The lowest BCUT2D eigenvalue weighted by atomic mass is 9.92. The van der Waals surface area contributed by atoms with Crippen molar-refractivity contribution in [3.63, 3.8) is 0 Å². The molecule has 0 aliphatic carbocycles. The van der Waals surface area contributed by atoms with Crippen molar-refractivity contribution in [2.45, 2.75) is 64.0 Å². The zero-order chi connectivity index (χ0) is 19.6. The number of alkyl halides is 1. The summed E-state index contributed by atoms with van der Waals surface area (Å²) in [5, 5.41) is 12.7. The summed E-state index contributed by atoms with van der Waals surface area (Å²) in [5.41, 5.74) is 0.124. The molecule has 1 fully saturated rings. The van der Waals surface area contributed by atoms with Crippen LogP contribution in [-0.4, -0.2) is 45.4 Å². The summed E-state index contributed by atoms with van der Waals surface area (Å²) in [6, 6.07) is 7.16. The van der Waals surface area contributed by atoms with Gasteiger partial charge in [0.1, 0.15) is 11.8 Å². The number of piperidine rings is 1. The maximum atomic E-state index is 14.0. The molecule has 6 heteroatoms. The highest BCUT2D eigenvalue weighted by Gasteiger charge is 2.35. The average Bonchev–Trinajstić information content (AvgIpc) is 2.59. The van der Waals surface area contributed by atoms with Crippen LogP contribution in [0.25, 0.3) is 10.8 Å². The van der Waals surface area contributed by atoms with Crippen molar-refractivity contribution in [2.24, 2.45) is 0 Å². The van der Waals surface area contributed by atoms with Gasteiger partial charge in [0, 0.05) is 30.4 Å². The van der Waals surface area contributed by atoms with E-state index in [9.17, 15) is 14.3 Å². The number of carbonyl (C=O) groups is 1. The van der Waals surface area contributed by atoms with Gasteiger partial charge in [-0.3, -0.25) is 4.98 Å². The topological polar surface area (TPSA) is 62.7 Å². The standard InChI is InChI=1S/C21H27FN2O3/c1-21(2,3)27-20(26)24-10-8-15(22)11-16(24)12-19(25)17-6-4-5-14-7-9-23-13-18(14)17/h4-7,9,13,15-16,19,25H,8,10-12H2,1-3H3/t15-,16+,19-/m1/s1. The highest BCUT2D eigenvalue weighted by atomic mass is 19.1. The molecule has 3 atom stereocenters. The Labute approximate surface area is 159 Å². The number of aliphatic hydroxyl groups excluding tert-OH is 1. The molecule has 1 aliphatic heterocycles. The molecule has 1 aliphatic rings. The van der Waals surface area contributed by atoms with Crippen molar-refractivity contribution < 1.29 is 19.0 Å². The molecule has 0 saturated carbocycles. The molecule has 1 N–H and O–H groups in total. The number of aliphatic hydroxyl groups is 1.